The van der Waals surface area contributed by atoms with Crippen LogP contribution < -0.4 is 0 Å². The highest BCUT2D eigenvalue weighted by atomic mass is 14.3. The molecule has 0 spiro atoms. The van der Waals surface area contributed by atoms with Crippen molar-refractivity contribution in [1.29, 1.82) is 5.26 Å². The number of hydrogen-bond acceptors (Lipinski definition) is 1. The molecule has 1 unspecified atom stereocenters. The van der Waals surface area contributed by atoms with E-state index in [2.05, 4.69) is 32.1 Å². The highest BCUT2D eigenvalue weighted by Crippen LogP contribution is 2.11. The molecule has 1 nitrogen and oxygen atoms in total. The minimum atomic E-state index is -0.00280. The van der Waals surface area contributed by atoms with Crippen LogP contribution in [0.2, 0.25) is 0 Å². The van der Waals surface area contributed by atoms with E-state index in [0.29, 0.717) is 0 Å². The van der Waals surface area contributed by atoms with Crippen molar-refractivity contribution < 1.29 is 0 Å². The molecule has 0 aliphatic rings. The maximum Gasteiger partial charge on any atom is 0.0655 e. The molecule has 1 heteroatoms. The minimum absolute atomic E-state index is 0.00280. The van der Waals surface area contributed by atoms with E-state index in [9.17, 15) is 0 Å². The summed E-state index contributed by atoms with van der Waals surface area (Å²) in [5.41, 5.74) is 0. The molecule has 0 rings (SSSR count). The van der Waals surface area contributed by atoms with Crippen molar-refractivity contribution in [3.8, 4) is 6.07 Å². The maximum absolute atomic E-state index is 8.56. The Morgan fingerprint density at radius 3 is 2.38 bits per heavy atom. The third kappa shape index (κ3) is 11.3. The zero-order chi connectivity index (χ0) is 12.1. The standard InChI is InChI=1S/C15H26N/c1-3-4-5-6-7-8-9-10-11-12-13-15(2)14-16/h5-6,15H,2-4,7-13H2,1H3. The highest BCUT2D eigenvalue weighted by molar-refractivity contribution is 4.84. The lowest BCUT2D eigenvalue weighted by Gasteiger charge is -2.01. The Kier molecular flexibility index (Phi) is 11.7. The summed E-state index contributed by atoms with van der Waals surface area (Å²) in [5, 5.41) is 8.56. The van der Waals surface area contributed by atoms with E-state index < -0.39 is 0 Å². The van der Waals surface area contributed by atoms with Gasteiger partial charge in [0.2, 0.25) is 0 Å². The molecule has 0 saturated carbocycles. The number of nitrogens with zero attached hydrogens (tertiary/aromatic N) is 1. The van der Waals surface area contributed by atoms with Gasteiger partial charge in [-0.2, -0.15) is 5.26 Å². The van der Waals surface area contributed by atoms with Crippen molar-refractivity contribution in [2.45, 2.75) is 64.7 Å². The van der Waals surface area contributed by atoms with Gasteiger partial charge in [-0.3, -0.25) is 0 Å². The average Bonchev–Trinajstić information content (AvgIpc) is 2.31. The van der Waals surface area contributed by atoms with Gasteiger partial charge in [-0.1, -0.05) is 51.2 Å². The minimum Gasteiger partial charge on any atom is -0.198 e. The van der Waals surface area contributed by atoms with Crippen LogP contribution in [0.1, 0.15) is 64.7 Å². The van der Waals surface area contributed by atoms with E-state index in [-0.39, 0.29) is 5.92 Å². The molecule has 0 heterocycles. The first kappa shape index (κ1) is 15.2. The molecule has 0 aliphatic carbocycles. The van der Waals surface area contributed by atoms with Gasteiger partial charge in [0.1, 0.15) is 0 Å². The summed E-state index contributed by atoms with van der Waals surface area (Å²) >= 11 is 0. The normalized spacial score (nSPS) is 12.8. The molecule has 0 aliphatic heterocycles. The molecule has 0 aromatic heterocycles. The van der Waals surface area contributed by atoms with Crippen LogP contribution in [0.3, 0.4) is 0 Å². The fraction of sp³-hybridized carbons (Fsp3) is 0.733. The van der Waals surface area contributed by atoms with Crippen LogP contribution in [0.25, 0.3) is 0 Å². The third-order valence-electron chi connectivity index (χ3n) is 2.73. The van der Waals surface area contributed by atoms with Gasteiger partial charge >= 0.3 is 0 Å². The Hall–Kier alpha value is -0.770. The summed E-state index contributed by atoms with van der Waals surface area (Å²) in [5.74, 6) is -0.00280. The largest absolute Gasteiger partial charge is 0.198 e. The predicted molar refractivity (Wildman–Crippen MR) is 70.8 cm³/mol. The predicted octanol–water partition coefficient (Wildman–Crippen LogP) is 5.05. The highest BCUT2D eigenvalue weighted by Gasteiger charge is 1.98. The molecule has 0 aromatic carbocycles. The molecular weight excluding hydrogens is 194 g/mol. The summed E-state index contributed by atoms with van der Waals surface area (Å²) in [6.07, 6.45) is 15.6. The zero-order valence-corrected chi connectivity index (χ0v) is 10.8. The van der Waals surface area contributed by atoms with E-state index in [0.717, 1.165) is 12.8 Å². The summed E-state index contributed by atoms with van der Waals surface area (Å²) in [6.45, 7) is 5.97. The van der Waals surface area contributed by atoms with Crippen LogP contribution >= 0.6 is 0 Å². The van der Waals surface area contributed by atoms with Crippen LogP contribution in [-0.2, 0) is 0 Å². The molecule has 16 heavy (non-hydrogen) atoms. The molecule has 0 amide bonds. The Morgan fingerprint density at radius 1 is 1.06 bits per heavy atom. The second-order valence-electron chi connectivity index (χ2n) is 4.43. The van der Waals surface area contributed by atoms with Gasteiger partial charge in [-0.05, 0) is 32.6 Å². The van der Waals surface area contributed by atoms with Gasteiger partial charge in [-0.25, -0.2) is 0 Å². The van der Waals surface area contributed by atoms with Crippen LogP contribution in [-0.4, -0.2) is 0 Å². The molecule has 0 saturated heterocycles. The topological polar surface area (TPSA) is 23.8 Å². The second kappa shape index (κ2) is 12.3. The Morgan fingerprint density at radius 2 is 1.69 bits per heavy atom. The van der Waals surface area contributed by atoms with Crippen LogP contribution in [0.5, 0.6) is 0 Å². The monoisotopic (exact) mass is 220 g/mol. The van der Waals surface area contributed by atoms with Gasteiger partial charge in [0.15, 0.2) is 0 Å². The van der Waals surface area contributed by atoms with Crippen LogP contribution in [0.15, 0.2) is 12.2 Å². The van der Waals surface area contributed by atoms with Crippen molar-refractivity contribution in [2.24, 2.45) is 5.92 Å². The smallest absolute Gasteiger partial charge is 0.0655 e. The van der Waals surface area contributed by atoms with Crippen molar-refractivity contribution in [3.63, 3.8) is 0 Å². The van der Waals surface area contributed by atoms with Gasteiger partial charge in [0.05, 0.1) is 6.07 Å². The van der Waals surface area contributed by atoms with E-state index in [4.69, 9.17) is 5.26 Å². The van der Waals surface area contributed by atoms with Gasteiger partial charge in [-0.15, -0.1) is 0 Å². The molecule has 0 N–H and O–H groups in total. The summed E-state index contributed by atoms with van der Waals surface area (Å²) < 4.78 is 0. The lowest BCUT2D eigenvalue weighted by Crippen LogP contribution is -1.89. The van der Waals surface area contributed by atoms with Crippen molar-refractivity contribution in [3.05, 3.63) is 19.1 Å². The van der Waals surface area contributed by atoms with Crippen molar-refractivity contribution in [1.82, 2.24) is 0 Å². The number of unbranched alkanes of at least 4 members (excludes halogenated alkanes) is 6. The number of nitriles is 1. The van der Waals surface area contributed by atoms with E-state index in [1.54, 1.807) is 0 Å². The average molecular weight is 220 g/mol. The maximum atomic E-state index is 8.56. The van der Waals surface area contributed by atoms with Crippen molar-refractivity contribution >= 4 is 0 Å². The number of rotatable bonds is 10. The fourth-order valence-electron chi connectivity index (χ4n) is 1.65. The summed E-state index contributed by atoms with van der Waals surface area (Å²) in [6, 6.07) is 2.18. The molecule has 1 radical (unpaired) electrons. The first-order valence-electron chi connectivity index (χ1n) is 6.69. The first-order chi connectivity index (χ1) is 7.81. The molecule has 91 valence electrons. The quantitative estimate of drug-likeness (QED) is 0.373. The van der Waals surface area contributed by atoms with E-state index in [1.807, 2.05) is 0 Å². The molecule has 1 atom stereocenters. The lowest BCUT2D eigenvalue weighted by molar-refractivity contribution is 0.571. The first-order valence-corrected chi connectivity index (χ1v) is 6.69. The lowest BCUT2D eigenvalue weighted by atomic mass is 10.0. The van der Waals surface area contributed by atoms with Crippen molar-refractivity contribution in [2.75, 3.05) is 0 Å². The molecule has 0 aromatic rings. The number of allylic oxidation sites excluding steroid dienone is 2. The Bertz CT molecular complexity index is 200. The van der Waals surface area contributed by atoms with Gasteiger partial charge in [0.25, 0.3) is 0 Å². The third-order valence-corrected chi connectivity index (χ3v) is 2.73. The molecule has 0 bridgehead atoms. The van der Waals surface area contributed by atoms with Crippen LogP contribution in [0.4, 0.5) is 0 Å². The summed E-state index contributed by atoms with van der Waals surface area (Å²) in [4.78, 5) is 0. The Labute approximate surface area is 102 Å². The fourth-order valence-corrected chi connectivity index (χ4v) is 1.65. The number of hydrogen-bond donors (Lipinski definition) is 0. The van der Waals surface area contributed by atoms with E-state index in [1.165, 1.54) is 44.9 Å². The van der Waals surface area contributed by atoms with Crippen LogP contribution in [0, 0.1) is 24.2 Å². The van der Waals surface area contributed by atoms with Gasteiger partial charge in [0, 0.05) is 5.92 Å². The molecular formula is C15H26N. The second-order valence-corrected chi connectivity index (χ2v) is 4.43. The molecule has 0 fully saturated rings. The van der Waals surface area contributed by atoms with Gasteiger partial charge < -0.3 is 0 Å². The summed E-state index contributed by atoms with van der Waals surface area (Å²) in [7, 11) is 0. The zero-order valence-electron chi connectivity index (χ0n) is 10.8. The SMILES string of the molecule is [CH2]C(C#N)CCCCCCCC=CCCC. The Balaban J connectivity index is 3.07. The van der Waals surface area contributed by atoms with E-state index >= 15 is 0 Å².